The lowest BCUT2D eigenvalue weighted by Gasteiger charge is -2.44. The lowest BCUT2D eigenvalue weighted by atomic mass is 9.68. The van der Waals surface area contributed by atoms with E-state index in [1.807, 2.05) is 0 Å². The molecule has 3 saturated heterocycles. The molecule has 3 heterocycles. The molecule has 0 aromatic heterocycles. The van der Waals surface area contributed by atoms with E-state index in [0.29, 0.717) is 26.1 Å². The van der Waals surface area contributed by atoms with Gasteiger partial charge in [-0.25, -0.2) is 4.79 Å². The number of likely N-dealkylation sites (tertiary alicyclic amines) is 1. The summed E-state index contributed by atoms with van der Waals surface area (Å²) in [5.41, 5.74) is 0.585. The molecule has 2 unspecified atom stereocenters. The Morgan fingerprint density at radius 2 is 1.92 bits per heavy atom. The Bertz CT molecular complexity index is 881. The number of allylic oxidation sites excluding steroid dienone is 1. The average molecular weight is 542 g/mol. The number of aliphatic hydroxyl groups excluding tert-OH is 2. The van der Waals surface area contributed by atoms with Crippen LogP contribution < -0.4 is 0 Å². The highest BCUT2D eigenvalue weighted by Gasteiger charge is 2.72. The number of nitrogens with zero attached hydrogens (tertiary/aromatic N) is 1. The summed E-state index contributed by atoms with van der Waals surface area (Å²) in [7, 11) is 1.65. The van der Waals surface area contributed by atoms with Crippen molar-refractivity contribution in [3.05, 3.63) is 11.6 Å². The number of hydrogen-bond acceptors (Lipinski definition) is 9. The monoisotopic (exact) mass is 541 g/mol. The fourth-order valence-electron chi connectivity index (χ4n) is 6.05. The van der Waals surface area contributed by atoms with E-state index < -0.39 is 42.4 Å². The molecule has 1 aliphatic carbocycles. The van der Waals surface area contributed by atoms with Gasteiger partial charge in [-0.15, -0.1) is 0 Å². The standard InChI is InChI=1S/C27H43NO10/c1-16(2)5-6-21-26(3,38-21)24-23(34-4)20(7-9-27(24)15-36-27)37-25(33)28-13-19(14-28)35-10-8-17(29)11-18(30)12-22(31)32/h5,17-21,23-24,29-30H,6-15H2,1-4H3,(H,31,32)/t17?,18?,20-,21-,23-,24-,26+,27+/m1/s1. The van der Waals surface area contributed by atoms with E-state index >= 15 is 0 Å². The number of carbonyl (C=O) groups is 2. The minimum atomic E-state index is -1.11. The maximum Gasteiger partial charge on any atom is 0.410 e. The van der Waals surface area contributed by atoms with E-state index in [2.05, 4.69) is 26.8 Å². The molecule has 4 aliphatic rings. The Morgan fingerprint density at radius 1 is 1.21 bits per heavy atom. The number of carboxylic acid groups (broad SMARTS) is 1. The number of aliphatic carboxylic acids is 1. The summed E-state index contributed by atoms with van der Waals surface area (Å²) in [4.78, 5) is 25.1. The van der Waals surface area contributed by atoms with Crippen LogP contribution in [0.15, 0.2) is 11.6 Å². The molecule has 38 heavy (non-hydrogen) atoms. The van der Waals surface area contributed by atoms with Crippen molar-refractivity contribution in [3.63, 3.8) is 0 Å². The summed E-state index contributed by atoms with van der Waals surface area (Å²) >= 11 is 0. The van der Waals surface area contributed by atoms with Crippen LogP contribution in [0.1, 0.15) is 59.3 Å². The predicted octanol–water partition coefficient (Wildman–Crippen LogP) is 1.88. The van der Waals surface area contributed by atoms with Crippen molar-refractivity contribution in [1.82, 2.24) is 4.90 Å². The quantitative estimate of drug-likeness (QED) is 0.233. The summed E-state index contributed by atoms with van der Waals surface area (Å²) in [5.74, 6) is -1.14. The number of carboxylic acids is 1. The molecule has 216 valence electrons. The van der Waals surface area contributed by atoms with Crippen molar-refractivity contribution in [2.45, 2.75) is 107 Å². The summed E-state index contributed by atoms with van der Waals surface area (Å²) in [6.45, 7) is 7.97. The van der Waals surface area contributed by atoms with Gasteiger partial charge in [0.1, 0.15) is 23.4 Å². The second-order valence-corrected chi connectivity index (χ2v) is 11.6. The number of ether oxygens (including phenoxy) is 5. The summed E-state index contributed by atoms with van der Waals surface area (Å²) in [6, 6.07) is 0. The average Bonchev–Trinajstić information content (AvgIpc) is 3.71. The van der Waals surface area contributed by atoms with E-state index in [1.165, 1.54) is 5.57 Å². The zero-order valence-corrected chi connectivity index (χ0v) is 22.8. The molecule has 0 radical (unpaired) electrons. The maximum atomic E-state index is 12.9. The molecular formula is C27H43NO10. The van der Waals surface area contributed by atoms with Crippen LogP contribution >= 0.6 is 0 Å². The second-order valence-electron chi connectivity index (χ2n) is 11.6. The molecule has 1 amide bonds. The Balaban J connectivity index is 1.22. The Kier molecular flexibility index (Phi) is 9.06. The summed E-state index contributed by atoms with van der Waals surface area (Å²) in [5, 5.41) is 28.2. The molecule has 11 heteroatoms. The molecule has 0 aromatic carbocycles. The van der Waals surface area contributed by atoms with E-state index in [-0.39, 0.29) is 49.3 Å². The van der Waals surface area contributed by atoms with Gasteiger partial charge < -0.3 is 43.9 Å². The molecule has 4 fully saturated rings. The van der Waals surface area contributed by atoms with Crippen molar-refractivity contribution in [2.24, 2.45) is 5.92 Å². The van der Waals surface area contributed by atoms with E-state index in [1.54, 1.807) is 12.0 Å². The van der Waals surface area contributed by atoms with E-state index in [4.69, 9.17) is 28.8 Å². The molecule has 3 aliphatic heterocycles. The molecule has 8 atom stereocenters. The highest BCUT2D eigenvalue weighted by molar-refractivity contribution is 5.69. The van der Waals surface area contributed by atoms with Gasteiger partial charge in [-0.1, -0.05) is 11.6 Å². The number of aliphatic hydroxyl groups is 2. The number of amides is 1. The lowest BCUT2D eigenvalue weighted by molar-refractivity contribution is -0.139. The zero-order valence-electron chi connectivity index (χ0n) is 22.8. The van der Waals surface area contributed by atoms with Gasteiger partial charge in [0.25, 0.3) is 0 Å². The van der Waals surface area contributed by atoms with Crippen molar-refractivity contribution >= 4 is 12.1 Å². The minimum Gasteiger partial charge on any atom is -0.481 e. The van der Waals surface area contributed by atoms with E-state index in [0.717, 1.165) is 12.8 Å². The number of carbonyl (C=O) groups excluding carboxylic acids is 1. The Morgan fingerprint density at radius 3 is 2.53 bits per heavy atom. The number of epoxide rings is 2. The highest BCUT2D eigenvalue weighted by Crippen LogP contribution is 2.59. The smallest absolute Gasteiger partial charge is 0.410 e. The van der Waals surface area contributed by atoms with Crippen molar-refractivity contribution in [1.29, 1.82) is 0 Å². The normalized spacial score (nSPS) is 35.8. The zero-order chi connectivity index (χ0) is 27.7. The lowest BCUT2D eigenvalue weighted by Crippen LogP contribution is -2.59. The summed E-state index contributed by atoms with van der Waals surface area (Å²) < 4.78 is 29.8. The molecule has 1 spiro atoms. The van der Waals surface area contributed by atoms with Crippen molar-refractivity contribution in [2.75, 3.05) is 33.4 Å². The van der Waals surface area contributed by atoms with Gasteiger partial charge in [0, 0.05) is 13.7 Å². The molecule has 1 saturated carbocycles. The van der Waals surface area contributed by atoms with Crippen LogP contribution in [0.5, 0.6) is 0 Å². The molecular weight excluding hydrogens is 498 g/mol. The molecule has 3 N–H and O–H groups in total. The largest absolute Gasteiger partial charge is 0.481 e. The fourth-order valence-corrected chi connectivity index (χ4v) is 6.05. The number of rotatable bonds is 13. The highest BCUT2D eigenvalue weighted by atomic mass is 16.6. The van der Waals surface area contributed by atoms with Gasteiger partial charge >= 0.3 is 12.1 Å². The van der Waals surface area contributed by atoms with Gasteiger partial charge in [0.2, 0.25) is 0 Å². The predicted molar refractivity (Wildman–Crippen MR) is 135 cm³/mol. The molecule has 0 aromatic rings. The van der Waals surface area contributed by atoms with Crippen LogP contribution in [-0.4, -0.2) is 114 Å². The minimum absolute atomic E-state index is 0.0199. The first-order valence-electron chi connectivity index (χ1n) is 13.6. The van der Waals surface area contributed by atoms with Crippen molar-refractivity contribution in [3.8, 4) is 0 Å². The van der Waals surface area contributed by atoms with Crippen LogP contribution in [0.2, 0.25) is 0 Å². The first-order valence-corrected chi connectivity index (χ1v) is 13.6. The van der Waals surface area contributed by atoms with Gasteiger partial charge in [0.05, 0.1) is 56.5 Å². The van der Waals surface area contributed by atoms with Crippen LogP contribution in [0.4, 0.5) is 4.79 Å². The topological polar surface area (TPSA) is 151 Å². The third kappa shape index (κ3) is 6.68. The first kappa shape index (κ1) is 29.2. The van der Waals surface area contributed by atoms with Gasteiger partial charge in [0.15, 0.2) is 0 Å². The Hall–Kier alpha value is -1.76. The number of hydrogen-bond donors (Lipinski definition) is 3. The second kappa shape index (κ2) is 11.8. The van der Waals surface area contributed by atoms with Crippen molar-refractivity contribution < 1.29 is 48.6 Å². The SMILES string of the molecule is CO[C@@H]1[C@H](OC(=O)N2CC(OCCC(O)CC(O)CC(=O)O)C2)CC[C@]2(CO2)[C@H]1[C@@]1(C)O[C@@H]1CC=C(C)C. The third-order valence-corrected chi connectivity index (χ3v) is 8.35. The van der Waals surface area contributed by atoms with Gasteiger partial charge in [-0.05, 0) is 52.9 Å². The van der Waals surface area contributed by atoms with Gasteiger partial charge in [-0.2, -0.15) is 0 Å². The first-order chi connectivity index (χ1) is 18.0. The van der Waals surface area contributed by atoms with Crippen LogP contribution in [0, 0.1) is 5.92 Å². The summed E-state index contributed by atoms with van der Waals surface area (Å²) in [6.07, 6.45) is 1.18. The van der Waals surface area contributed by atoms with Crippen LogP contribution in [0.25, 0.3) is 0 Å². The number of methoxy groups -OCH3 is 1. The van der Waals surface area contributed by atoms with Crippen LogP contribution in [-0.2, 0) is 28.5 Å². The fraction of sp³-hybridized carbons (Fsp3) is 0.852. The molecule has 0 bridgehead atoms. The molecule has 4 rings (SSSR count). The third-order valence-electron chi connectivity index (χ3n) is 8.35. The molecule has 11 nitrogen and oxygen atoms in total. The van der Waals surface area contributed by atoms with Gasteiger partial charge in [-0.3, -0.25) is 4.79 Å². The van der Waals surface area contributed by atoms with Crippen LogP contribution in [0.3, 0.4) is 0 Å². The maximum absolute atomic E-state index is 12.9. The van der Waals surface area contributed by atoms with E-state index in [9.17, 15) is 19.8 Å². The Labute approximate surface area is 224 Å².